The molecule has 0 bridgehead atoms. The van der Waals surface area contributed by atoms with Gasteiger partial charge >= 0.3 is 6.01 Å². The summed E-state index contributed by atoms with van der Waals surface area (Å²) in [5.74, 6) is 1.35. The quantitative estimate of drug-likeness (QED) is 0.771. The molecular formula is C13H20ClN3O. The summed E-state index contributed by atoms with van der Waals surface area (Å²) >= 11 is 5.98. The van der Waals surface area contributed by atoms with E-state index < -0.39 is 0 Å². The second-order valence-corrected chi connectivity index (χ2v) is 6.14. The predicted molar refractivity (Wildman–Crippen MR) is 70.9 cm³/mol. The van der Waals surface area contributed by atoms with Crippen molar-refractivity contribution in [3.05, 3.63) is 5.89 Å². The van der Waals surface area contributed by atoms with Crippen LogP contribution in [0.25, 0.3) is 0 Å². The van der Waals surface area contributed by atoms with Crippen molar-refractivity contribution in [3.8, 4) is 0 Å². The van der Waals surface area contributed by atoms with E-state index in [0.717, 1.165) is 12.5 Å². The minimum absolute atomic E-state index is 0.210. The van der Waals surface area contributed by atoms with Crippen LogP contribution < -0.4 is 4.90 Å². The molecule has 1 aromatic heterocycles. The Hall–Kier alpha value is -0.770. The summed E-state index contributed by atoms with van der Waals surface area (Å²) in [5, 5.41) is 8.01. The zero-order chi connectivity index (χ0) is 12.5. The number of alkyl halides is 1. The van der Waals surface area contributed by atoms with Crippen molar-refractivity contribution in [2.45, 2.75) is 56.9 Å². The standard InChI is InChI=1S/C13H20ClN3O/c1-9(14)12-15-16-13(18-12)17-8-4-6-10-5-2-3-7-11(10)17/h9-11H,2-8H2,1H3. The number of aromatic nitrogens is 2. The molecular weight excluding hydrogens is 250 g/mol. The Kier molecular flexibility index (Phi) is 3.46. The number of piperidine rings is 1. The molecule has 0 amide bonds. The Morgan fingerprint density at radius 2 is 2.00 bits per heavy atom. The van der Waals surface area contributed by atoms with Crippen LogP contribution in [0.2, 0.25) is 0 Å². The van der Waals surface area contributed by atoms with Crippen LogP contribution >= 0.6 is 11.6 Å². The van der Waals surface area contributed by atoms with Crippen molar-refractivity contribution in [3.63, 3.8) is 0 Å². The number of fused-ring (bicyclic) bond motifs is 1. The number of anilines is 1. The molecule has 1 saturated heterocycles. The summed E-state index contributed by atoms with van der Waals surface area (Å²) in [4.78, 5) is 2.32. The van der Waals surface area contributed by atoms with Gasteiger partial charge in [-0.25, -0.2) is 0 Å². The maximum Gasteiger partial charge on any atom is 0.318 e. The highest BCUT2D eigenvalue weighted by Crippen LogP contribution is 2.37. The lowest BCUT2D eigenvalue weighted by molar-refractivity contribution is 0.234. The molecule has 0 radical (unpaired) electrons. The number of hydrogen-bond acceptors (Lipinski definition) is 4. The van der Waals surface area contributed by atoms with Gasteiger partial charge < -0.3 is 9.32 Å². The Morgan fingerprint density at radius 3 is 2.78 bits per heavy atom. The Labute approximate surface area is 113 Å². The summed E-state index contributed by atoms with van der Waals surface area (Å²) in [6.07, 6.45) is 7.91. The first kappa shape index (κ1) is 12.3. The molecule has 0 aromatic carbocycles. The van der Waals surface area contributed by atoms with Gasteiger partial charge in [-0.05, 0) is 38.5 Å². The van der Waals surface area contributed by atoms with E-state index >= 15 is 0 Å². The van der Waals surface area contributed by atoms with Crippen molar-refractivity contribution in [2.75, 3.05) is 11.4 Å². The molecule has 1 saturated carbocycles. The van der Waals surface area contributed by atoms with Crippen molar-refractivity contribution < 1.29 is 4.42 Å². The monoisotopic (exact) mass is 269 g/mol. The van der Waals surface area contributed by atoms with Crippen molar-refractivity contribution >= 4 is 17.6 Å². The van der Waals surface area contributed by atoms with Crippen LogP contribution in [0.15, 0.2) is 4.42 Å². The molecule has 1 aliphatic heterocycles. The fourth-order valence-electron chi connectivity index (χ4n) is 3.37. The lowest BCUT2D eigenvalue weighted by Crippen LogP contribution is -2.47. The maximum absolute atomic E-state index is 5.98. The zero-order valence-corrected chi connectivity index (χ0v) is 11.6. The second kappa shape index (κ2) is 5.08. The molecule has 2 fully saturated rings. The third kappa shape index (κ3) is 2.22. The van der Waals surface area contributed by atoms with Gasteiger partial charge in [0.05, 0.1) is 0 Å². The molecule has 18 heavy (non-hydrogen) atoms. The second-order valence-electron chi connectivity index (χ2n) is 5.49. The van der Waals surface area contributed by atoms with Crippen molar-refractivity contribution in [2.24, 2.45) is 5.92 Å². The third-order valence-corrected chi connectivity index (χ3v) is 4.45. The van der Waals surface area contributed by atoms with Crippen LogP contribution in [0, 0.1) is 5.92 Å². The molecule has 1 aromatic rings. The fraction of sp³-hybridized carbons (Fsp3) is 0.846. The molecule has 3 unspecified atom stereocenters. The van der Waals surface area contributed by atoms with E-state index in [-0.39, 0.29) is 5.38 Å². The van der Waals surface area contributed by atoms with Gasteiger partial charge in [-0.3, -0.25) is 0 Å². The fourth-order valence-corrected chi connectivity index (χ4v) is 3.45. The summed E-state index contributed by atoms with van der Waals surface area (Å²) in [5.41, 5.74) is 0. The van der Waals surface area contributed by atoms with E-state index in [1.165, 1.54) is 38.5 Å². The predicted octanol–water partition coefficient (Wildman–Crippen LogP) is 3.53. The SMILES string of the molecule is CC(Cl)c1nnc(N2CCCC3CCCCC32)o1. The number of halogens is 1. The topological polar surface area (TPSA) is 42.2 Å². The van der Waals surface area contributed by atoms with Gasteiger partial charge in [0.15, 0.2) is 0 Å². The lowest BCUT2D eigenvalue weighted by Gasteiger charge is -2.43. The van der Waals surface area contributed by atoms with Gasteiger partial charge in [0.25, 0.3) is 0 Å². The van der Waals surface area contributed by atoms with E-state index in [1.54, 1.807) is 0 Å². The minimum atomic E-state index is -0.210. The van der Waals surface area contributed by atoms with Gasteiger partial charge in [0.1, 0.15) is 5.38 Å². The zero-order valence-electron chi connectivity index (χ0n) is 10.8. The van der Waals surface area contributed by atoms with E-state index in [0.29, 0.717) is 17.9 Å². The Balaban J connectivity index is 1.80. The highest BCUT2D eigenvalue weighted by molar-refractivity contribution is 6.20. The Morgan fingerprint density at radius 1 is 1.22 bits per heavy atom. The van der Waals surface area contributed by atoms with Gasteiger partial charge in [-0.15, -0.1) is 16.7 Å². The first-order chi connectivity index (χ1) is 8.75. The van der Waals surface area contributed by atoms with Crippen LogP contribution in [0.3, 0.4) is 0 Å². The van der Waals surface area contributed by atoms with Crippen LogP contribution in [-0.2, 0) is 0 Å². The number of rotatable bonds is 2. The van der Waals surface area contributed by atoms with E-state index in [1.807, 2.05) is 6.92 Å². The maximum atomic E-state index is 5.98. The van der Waals surface area contributed by atoms with Crippen LogP contribution in [0.4, 0.5) is 6.01 Å². The Bertz CT molecular complexity index is 405. The molecule has 0 spiro atoms. The summed E-state index contributed by atoms with van der Waals surface area (Å²) < 4.78 is 5.71. The molecule has 2 heterocycles. The van der Waals surface area contributed by atoms with Gasteiger partial charge in [0, 0.05) is 12.6 Å². The molecule has 4 nitrogen and oxygen atoms in total. The average Bonchev–Trinajstić information content (AvgIpc) is 2.87. The van der Waals surface area contributed by atoms with E-state index in [2.05, 4.69) is 15.1 Å². The largest absolute Gasteiger partial charge is 0.406 e. The number of hydrogen-bond donors (Lipinski definition) is 0. The normalized spacial score (nSPS) is 30.0. The van der Waals surface area contributed by atoms with Gasteiger partial charge in [0.2, 0.25) is 5.89 Å². The first-order valence-electron chi connectivity index (χ1n) is 7.00. The smallest absolute Gasteiger partial charge is 0.318 e. The van der Waals surface area contributed by atoms with Gasteiger partial charge in [-0.1, -0.05) is 17.9 Å². The summed E-state index contributed by atoms with van der Waals surface area (Å²) in [6, 6.07) is 1.28. The molecule has 3 atom stereocenters. The number of nitrogens with zero attached hydrogens (tertiary/aromatic N) is 3. The lowest BCUT2D eigenvalue weighted by atomic mass is 9.78. The third-order valence-electron chi connectivity index (χ3n) is 4.26. The molecule has 100 valence electrons. The minimum Gasteiger partial charge on any atom is -0.406 e. The van der Waals surface area contributed by atoms with Crippen LogP contribution in [0.5, 0.6) is 0 Å². The first-order valence-corrected chi connectivity index (χ1v) is 7.43. The van der Waals surface area contributed by atoms with Crippen LogP contribution in [0.1, 0.15) is 56.7 Å². The van der Waals surface area contributed by atoms with Crippen molar-refractivity contribution in [1.82, 2.24) is 10.2 Å². The molecule has 1 aliphatic carbocycles. The molecule has 2 aliphatic rings. The highest BCUT2D eigenvalue weighted by atomic mass is 35.5. The van der Waals surface area contributed by atoms with Crippen molar-refractivity contribution in [1.29, 1.82) is 0 Å². The van der Waals surface area contributed by atoms with E-state index in [9.17, 15) is 0 Å². The molecule has 3 rings (SSSR count). The molecule has 5 heteroatoms. The van der Waals surface area contributed by atoms with Gasteiger partial charge in [-0.2, -0.15) is 0 Å². The summed E-state index contributed by atoms with van der Waals surface area (Å²) in [6.45, 7) is 2.90. The summed E-state index contributed by atoms with van der Waals surface area (Å²) in [7, 11) is 0. The van der Waals surface area contributed by atoms with E-state index in [4.69, 9.17) is 16.0 Å². The highest BCUT2D eigenvalue weighted by Gasteiger charge is 2.35. The average molecular weight is 270 g/mol. The van der Waals surface area contributed by atoms with Crippen LogP contribution in [-0.4, -0.2) is 22.8 Å². The molecule has 0 N–H and O–H groups in total.